The highest BCUT2D eigenvalue weighted by molar-refractivity contribution is 5.90. The zero-order chi connectivity index (χ0) is 16.9. The van der Waals surface area contributed by atoms with Crippen LogP contribution in [-0.2, 0) is 4.79 Å². The molecule has 0 bridgehead atoms. The molecule has 0 spiro atoms. The number of aryl methyl sites for hydroxylation is 1. The number of nitrogens with one attached hydrogen (secondary N) is 3. The summed E-state index contributed by atoms with van der Waals surface area (Å²) in [6, 6.07) is 7.85. The number of hydrogen-bond donors (Lipinski definition) is 3. The molecule has 0 saturated carbocycles. The van der Waals surface area contributed by atoms with Gasteiger partial charge in [0.25, 0.3) is 0 Å². The number of urea groups is 1. The van der Waals surface area contributed by atoms with Gasteiger partial charge in [0.2, 0.25) is 5.91 Å². The van der Waals surface area contributed by atoms with Crippen LogP contribution < -0.4 is 16.0 Å². The van der Waals surface area contributed by atoms with E-state index in [1.807, 2.05) is 31.2 Å². The Morgan fingerprint density at radius 2 is 2.17 bits per heavy atom. The van der Waals surface area contributed by atoms with E-state index in [2.05, 4.69) is 16.0 Å². The third kappa shape index (κ3) is 4.26. The average molecular weight is 330 g/mol. The first kappa shape index (κ1) is 16.8. The molecule has 6 nitrogen and oxygen atoms in total. The highest BCUT2D eigenvalue weighted by atomic mass is 16.2. The number of amides is 3. The predicted molar refractivity (Wildman–Crippen MR) is 93.9 cm³/mol. The Morgan fingerprint density at radius 3 is 2.92 bits per heavy atom. The van der Waals surface area contributed by atoms with Gasteiger partial charge in [-0.25, -0.2) is 4.79 Å². The number of likely N-dealkylation sites (tertiary alicyclic amines) is 1. The number of anilines is 1. The fourth-order valence-electron chi connectivity index (χ4n) is 3.40. The smallest absolute Gasteiger partial charge is 0.321 e. The van der Waals surface area contributed by atoms with Gasteiger partial charge in [-0.05, 0) is 50.4 Å². The van der Waals surface area contributed by atoms with Crippen molar-refractivity contribution in [1.82, 2.24) is 15.5 Å². The molecule has 2 atom stereocenters. The number of carbonyl (C=O) groups is 2. The maximum Gasteiger partial charge on any atom is 0.321 e. The van der Waals surface area contributed by atoms with Gasteiger partial charge in [0.05, 0.1) is 5.92 Å². The van der Waals surface area contributed by atoms with E-state index in [-0.39, 0.29) is 23.9 Å². The van der Waals surface area contributed by atoms with E-state index in [9.17, 15) is 9.59 Å². The van der Waals surface area contributed by atoms with E-state index in [0.717, 1.165) is 43.6 Å². The van der Waals surface area contributed by atoms with Gasteiger partial charge >= 0.3 is 6.03 Å². The van der Waals surface area contributed by atoms with Crippen molar-refractivity contribution in [3.63, 3.8) is 0 Å². The molecule has 2 aliphatic rings. The van der Waals surface area contributed by atoms with Crippen molar-refractivity contribution in [1.29, 1.82) is 0 Å². The van der Waals surface area contributed by atoms with Crippen molar-refractivity contribution in [2.75, 3.05) is 31.5 Å². The van der Waals surface area contributed by atoms with Crippen LogP contribution in [0.5, 0.6) is 0 Å². The molecule has 24 heavy (non-hydrogen) atoms. The van der Waals surface area contributed by atoms with E-state index >= 15 is 0 Å². The van der Waals surface area contributed by atoms with E-state index in [0.29, 0.717) is 13.1 Å². The molecule has 1 aromatic rings. The summed E-state index contributed by atoms with van der Waals surface area (Å²) in [5.74, 6) is -0.0284. The van der Waals surface area contributed by atoms with Crippen LogP contribution in [0.3, 0.4) is 0 Å². The molecular formula is C18H26N4O2. The second-order valence-electron chi connectivity index (χ2n) is 6.78. The lowest BCUT2D eigenvalue weighted by Crippen LogP contribution is -2.49. The minimum Gasteiger partial charge on any atom is -0.352 e. The summed E-state index contributed by atoms with van der Waals surface area (Å²) in [5, 5.41) is 9.29. The molecule has 0 aromatic heterocycles. The lowest BCUT2D eigenvalue weighted by atomic mass is 9.97. The molecule has 2 unspecified atom stereocenters. The monoisotopic (exact) mass is 330 g/mol. The molecule has 2 saturated heterocycles. The van der Waals surface area contributed by atoms with E-state index in [1.165, 1.54) is 0 Å². The second kappa shape index (κ2) is 7.66. The number of hydrogen-bond acceptors (Lipinski definition) is 3. The van der Waals surface area contributed by atoms with Crippen LogP contribution in [0.15, 0.2) is 24.3 Å². The van der Waals surface area contributed by atoms with Gasteiger partial charge in [-0.2, -0.15) is 0 Å². The standard InChI is InChI=1S/C18H26N4O2/c1-13-4-2-6-15(10-13)21-18(24)22-9-3-5-14(12-22)17(23)20-16-7-8-19-11-16/h2,4,6,10,14,16,19H,3,5,7-9,11-12H2,1H3,(H,20,23)(H,21,24). The number of rotatable bonds is 3. The summed E-state index contributed by atoms with van der Waals surface area (Å²) < 4.78 is 0. The van der Waals surface area contributed by atoms with Crippen LogP contribution >= 0.6 is 0 Å². The molecule has 3 rings (SSSR count). The number of benzene rings is 1. The van der Waals surface area contributed by atoms with Crippen LogP contribution in [-0.4, -0.2) is 49.1 Å². The number of carbonyl (C=O) groups excluding carboxylic acids is 2. The van der Waals surface area contributed by atoms with Gasteiger partial charge < -0.3 is 20.9 Å². The maximum atomic E-state index is 12.5. The topological polar surface area (TPSA) is 73.5 Å². The number of nitrogens with zero attached hydrogens (tertiary/aromatic N) is 1. The summed E-state index contributed by atoms with van der Waals surface area (Å²) in [4.78, 5) is 26.6. The lowest BCUT2D eigenvalue weighted by Gasteiger charge is -2.32. The first-order valence-corrected chi connectivity index (χ1v) is 8.75. The van der Waals surface area contributed by atoms with Crippen molar-refractivity contribution in [3.05, 3.63) is 29.8 Å². The first-order valence-electron chi connectivity index (χ1n) is 8.75. The van der Waals surface area contributed by atoms with Crippen LogP contribution in [0.25, 0.3) is 0 Å². The van der Waals surface area contributed by atoms with Gasteiger partial charge in [-0.3, -0.25) is 4.79 Å². The van der Waals surface area contributed by atoms with Gasteiger partial charge in [0.1, 0.15) is 0 Å². The zero-order valence-corrected chi connectivity index (χ0v) is 14.2. The molecule has 6 heteroatoms. The average Bonchev–Trinajstić information content (AvgIpc) is 3.08. The van der Waals surface area contributed by atoms with Crippen molar-refractivity contribution in [2.45, 2.75) is 32.2 Å². The second-order valence-corrected chi connectivity index (χ2v) is 6.78. The summed E-state index contributed by atoms with van der Waals surface area (Å²) in [5.41, 5.74) is 1.90. The Labute approximate surface area is 143 Å². The Bertz CT molecular complexity index is 598. The molecule has 3 N–H and O–H groups in total. The summed E-state index contributed by atoms with van der Waals surface area (Å²) in [7, 11) is 0. The number of piperidine rings is 1. The predicted octanol–water partition coefficient (Wildman–Crippen LogP) is 1.72. The van der Waals surface area contributed by atoms with Crippen molar-refractivity contribution >= 4 is 17.6 Å². The summed E-state index contributed by atoms with van der Waals surface area (Å²) >= 11 is 0. The molecule has 0 aliphatic carbocycles. The minimum atomic E-state index is -0.124. The summed E-state index contributed by atoms with van der Waals surface area (Å²) in [6.07, 6.45) is 2.69. The van der Waals surface area contributed by atoms with Crippen molar-refractivity contribution in [2.24, 2.45) is 5.92 Å². The fraction of sp³-hybridized carbons (Fsp3) is 0.556. The van der Waals surface area contributed by atoms with E-state index < -0.39 is 0 Å². The fourth-order valence-corrected chi connectivity index (χ4v) is 3.40. The first-order chi connectivity index (χ1) is 11.6. The maximum absolute atomic E-state index is 12.5. The minimum absolute atomic E-state index is 0.0803. The van der Waals surface area contributed by atoms with Gasteiger partial charge in [0, 0.05) is 31.4 Å². The quantitative estimate of drug-likeness (QED) is 0.790. The lowest BCUT2D eigenvalue weighted by molar-refractivity contribution is -0.126. The normalized spacial score (nSPS) is 23.8. The van der Waals surface area contributed by atoms with Crippen LogP contribution in [0.2, 0.25) is 0 Å². The third-order valence-corrected chi connectivity index (χ3v) is 4.76. The Morgan fingerprint density at radius 1 is 1.29 bits per heavy atom. The molecule has 2 aliphatic heterocycles. The molecule has 130 valence electrons. The summed E-state index contributed by atoms with van der Waals surface area (Å²) in [6.45, 7) is 4.99. The van der Waals surface area contributed by atoms with Gasteiger partial charge in [-0.1, -0.05) is 12.1 Å². The van der Waals surface area contributed by atoms with E-state index in [1.54, 1.807) is 4.90 Å². The molecular weight excluding hydrogens is 304 g/mol. The largest absolute Gasteiger partial charge is 0.352 e. The molecule has 3 amide bonds. The van der Waals surface area contributed by atoms with Crippen LogP contribution in [0.4, 0.5) is 10.5 Å². The van der Waals surface area contributed by atoms with E-state index in [4.69, 9.17) is 0 Å². The van der Waals surface area contributed by atoms with Gasteiger partial charge in [-0.15, -0.1) is 0 Å². The molecule has 1 aromatic carbocycles. The van der Waals surface area contributed by atoms with Crippen LogP contribution in [0, 0.1) is 12.8 Å². The Hall–Kier alpha value is -2.08. The van der Waals surface area contributed by atoms with Crippen molar-refractivity contribution < 1.29 is 9.59 Å². The third-order valence-electron chi connectivity index (χ3n) is 4.76. The zero-order valence-electron chi connectivity index (χ0n) is 14.2. The Kier molecular flexibility index (Phi) is 5.35. The van der Waals surface area contributed by atoms with Gasteiger partial charge in [0.15, 0.2) is 0 Å². The molecule has 0 radical (unpaired) electrons. The highest BCUT2D eigenvalue weighted by Crippen LogP contribution is 2.19. The van der Waals surface area contributed by atoms with Crippen LogP contribution in [0.1, 0.15) is 24.8 Å². The molecule has 2 fully saturated rings. The van der Waals surface area contributed by atoms with Crippen molar-refractivity contribution in [3.8, 4) is 0 Å². The SMILES string of the molecule is Cc1cccc(NC(=O)N2CCCC(C(=O)NC3CCNC3)C2)c1. The highest BCUT2D eigenvalue weighted by Gasteiger charge is 2.30. The Balaban J connectivity index is 1.54. The molecule has 2 heterocycles.